The summed E-state index contributed by atoms with van der Waals surface area (Å²) >= 11 is 0. The van der Waals surface area contributed by atoms with Crippen molar-refractivity contribution in [2.24, 2.45) is 0 Å². The van der Waals surface area contributed by atoms with Gasteiger partial charge in [0.05, 0.1) is 0 Å². The van der Waals surface area contributed by atoms with Gasteiger partial charge in [-0.1, -0.05) is 53.6 Å². The molecule has 2 nitrogen and oxygen atoms in total. The molecule has 0 spiro atoms. The zero-order chi connectivity index (χ0) is 19.9. The average molecular weight is 360 g/mol. The number of hydrogen-bond donors (Lipinski definition) is 2. The van der Waals surface area contributed by atoms with E-state index in [0.29, 0.717) is 5.56 Å². The van der Waals surface area contributed by atoms with Crippen molar-refractivity contribution in [2.75, 3.05) is 0 Å². The van der Waals surface area contributed by atoms with E-state index in [4.69, 9.17) is 0 Å². The largest absolute Gasteiger partial charge is 0.364 e. The Morgan fingerprint density at radius 3 is 1.22 bits per heavy atom. The minimum absolute atomic E-state index is 0.572. The van der Waals surface area contributed by atoms with E-state index in [1.165, 1.54) is 11.1 Å². The Labute approximate surface area is 162 Å². The Kier molecular flexibility index (Phi) is 5.23. The van der Waals surface area contributed by atoms with Crippen LogP contribution in [0, 0.1) is 41.5 Å². The lowest BCUT2D eigenvalue weighted by Crippen LogP contribution is -2.05. The molecule has 140 valence electrons. The van der Waals surface area contributed by atoms with Gasteiger partial charge in [0.25, 0.3) is 0 Å². The van der Waals surface area contributed by atoms with Crippen molar-refractivity contribution in [3.63, 3.8) is 0 Å². The third kappa shape index (κ3) is 3.55. The fourth-order valence-electron chi connectivity index (χ4n) is 4.49. The van der Waals surface area contributed by atoms with E-state index in [0.717, 1.165) is 44.5 Å². The summed E-state index contributed by atoms with van der Waals surface area (Å²) in [6.45, 7) is 12.5. The van der Waals surface area contributed by atoms with Crippen molar-refractivity contribution in [3.8, 4) is 22.3 Å². The van der Waals surface area contributed by atoms with E-state index < -0.39 is 6.29 Å². The van der Waals surface area contributed by atoms with Crippen LogP contribution in [-0.4, -0.2) is 10.2 Å². The van der Waals surface area contributed by atoms with Gasteiger partial charge in [-0.25, -0.2) is 0 Å². The second-order valence-electron chi connectivity index (χ2n) is 7.69. The Morgan fingerprint density at radius 2 is 0.926 bits per heavy atom. The Balaban J connectivity index is 2.37. The van der Waals surface area contributed by atoms with Gasteiger partial charge in [0, 0.05) is 5.56 Å². The van der Waals surface area contributed by atoms with Crippen LogP contribution in [-0.2, 0) is 0 Å². The molecule has 0 aliphatic rings. The first-order chi connectivity index (χ1) is 12.7. The fraction of sp³-hybridized carbons (Fsp3) is 0.280. The Bertz CT molecular complexity index is 891. The van der Waals surface area contributed by atoms with Crippen molar-refractivity contribution in [2.45, 2.75) is 47.8 Å². The lowest BCUT2D eigenvalue weighted by atomic mass is 9.84. The highest BCUT2D eigenvalue weighted by Crippen LogP contribution is 2.40. The van der Waals surface area contributed by atoms with Gasteiger partial charge in [0.2, 0.25) is 0 Å². The summed E-state index contributed by atoms with van der Waals surface area (Å²) < 4.78 is 0. The molecule has 3 rings (SSSR count). The zero-order valence-corrected chi connectivity index (χ0v) is 17.0. The van der Waals surface area contributed by atoms with E-state index >= 15 is 0 Å². The maximum Gasteiger partial charge on any atom is 0.179 e. The highest BCUT2D eigenvalue weighted by molar-refractivity contribution is 5.84. The number of aliphatic hydroxyl groups is 2. The van der Waals surface area contributed by atoms with Crippen LogP contribution in [0.3, 0.4) is 0 Å². The van der Waals surface area contributed by atoms with Crippen LogP contribution in [0.5, 0.6) is 0 Å². The lowest BCUT2D eigenvalue weighted by Gasteiger charge is -2.22. The van der Waals surface area contributed by atoms with Gasteiger partial charge in [-0.3, -0.25) is 0 Å². The Hall–Kier alpha value is -2.42. The summed E-state index contributed by atoms with van der Waals surface area (Å²) in [4.78, 5) is 0. The van der Waals surface area contributed by atoms with Gasteiger partial charge in [0.1, 0.15) is 0 Å². The van der Waals surface area contributed by atoms with Crippen LogP contribution < -0.4 is 0 Å². The predicted molar refractivity (Wildman–Crippen MR) is 113 cm³/mol. The molecule has 3 aromatic rings. The van der Waals surface area contributed by atoms with Gasteiger partial charge < -0.3 is 10.2 Å². The molecule has 0 heterocycles. The van der Waals surface area contributed by atoms with Crippen molar-refractivity contribution >= 4 is 0 Å². The summed E-state index contributed by atoms with van der Waals surface area (Å²) in [5.74, 6) is 0. The minimum Gasteiger partial charge on any atom is -0.364 e. The molecule has 3 aromatic carbocycles. The summed E-state index contributed by atoms with van der Waals surface area (Å²) in [5, 5.41) is 20.7. The van der Waals surface area contributed by atoms with E-state index in [2.05, 4.69) is 65.8 Å². The molecule has 0 saturated heterocycles. The lowest BCUT2D eigenvalue weighted by molar-refractivity contribution is -0.0415. The molecule has 0 aromatic heterocycles. The van der Waals surface area contributed by atoms with Crippen molar-refractivity contribution < 1.29 is 10.2 Å². The van der Waals surface area contributed by atoms with Gasteiger partial charge in [-0.2, -0.15) is 0 Å². The molecule has 0 radical (unpaired) electrons. The first kappa shape index (κ1) is 19.3. The second kappa shape index (κ2) is 7.30. The van der Waals surface area contributed by atoms with Gasteiger partial charge in [0.15, 0.2) is 6.29 Å². The predicted octanol–water partition coefficient (Wildman–Crippen LogP) is 5.85. The molecule has 0 aliphatic heterocycles. The average Bonchev–Trinajstić information content (AvgIpc) is 2.52. The number of aliphatic hydroxyl groups excluding tert-OH is 1. The maximum absolute atomic E-state index is 10.3. The third-order valence-electron chi connectivity index (χ3n) is 5.26. The standard InChI is InChI=1S/C25H28O2/c1-14-10-16(3)22(17(4)11-14)20-8-7-9-21(24(20)25(26)27)23-18(5)12-15(2)13-19(23)6/h7-13,25-27H,1-6H3. The van der Waals surface area contributed by atoms with Crippen LogP contribution in [0.25, 0.3) is 22.3 Å². The first-order valence-corrected chi connectivity index (χ1v) is 9.36. The zero-order valence-electron chi connectivity index (χ0n) is 17.0. The molecular formula is C25H28O2. The van der Waals surface area contributed by atoms with Crippen LogP contribution in [0.4, 0.5) is 0 Å². The molecule has 0 amide bonds. The highest BCUT2D eigenvalue weighted by Gasteiger charge is 2.21. The number of hydrogen-bond acceptors (Lipinski definition) is 2. The summed E-state index contributed by atoms with van der Waals surface area (Å²) in [6.07, 6.45) is -1.54. The molecule has 0 saturated carbocycles. The summed E-state index contributed by atoms with van der Waals surface area (Å²) in [5.41, 5.74) is 11.5. The molecule has 0 aliphatic carbocycles. The maximum atomic E-state index is 10.3. The Morgan fingerprint density at radius 1 is 0.593 bits per heavy atom. The van der Waals surface area contributed by atoms with Crippen LogP contribution in [0.15, 0.2) is 42.5 Å². The van der Waals surface area contributed by atoms with E-state index in [1.54, 1.807) is 0 Å². The third-order valence-corrected chi connectivity index (χ3v) is 5.26. The van der Waals surface area contributed by atoms with Crippen molar-refractivity contribution in [3.05, 3.63) is 81.4 Å². The molecular weight excluding hydrogens is 332 g/mol. The van der Waals surface area contributed by atoms with Crippen LogP contribution in [0.2, 0.25) is 0 Å². The van der Waals surface area contributed by atoms with E-state index in [-0.39, 0.29) is 0 Å². The quantitative estimate of drug-likeness (QED) is 0.575. The first-order valence-electron chi connectivity index (χ1n) is 9.36. The minimum atomic E-state index is -1.54. The summed E-state index contributed by atoms with van der Waals surface area (Å²) in [6, 6.07) is 14.6. The summed E-state index contributed by atoms with van der Waals surface area (Å²) in [7, 11) is 0. The molecule has 0 fully saturated rings. The number of benzene rings is 3. The van der Waals surface area contributed by atoms with E-state index in [1.807, 2.05) is 18.2 Å². The van der Waals surface area contributed by atoms with Gasteiger partial charge >= 0.3 is 0 Å². The molecule has 0 unspecified atom stereocenters. The van der Waals surface area contributed by atoms with Gasteiger partial charge in [-0.15, -0.1) is 0 Å². The molecule has 27 heavy (non-hydrogen) atoms. The van der Waals surface area contributed by atoms with Crippen molar-refractivity contribution in [1.29, 1.82) is 0 Å². The molecule has 0 bridgehead atoms. The highest BCUT2D eigenvalue weighted by atomic mass is 16.5. The smallest absolute Gasteiger partial charge is 0.179 e. The van der Waals surface area contributed by atoms with Crippen LogP contribution in [0.1, 0.15) is 45.2 Å². The SMILES string of the molecule is Cc1cc(C)c(-c2cccc(-c3c(C)cc(C)cc3C)c2C(O)O)c(C)c1. The second-order valence-corrected chi connectivity index (χ2v) is 7.69. The monoisotopic (exact) mass is 360 g/mol. The van der Waals surface area contributed by atoms with Gasteiger partial charge in [-0.05, 0) is 86.1 Å². The number of rotatable bonds is 3. The molecule has 2 N–H and O–H groups in total. The molecule has 2 heteroatoms. The van der Waals surface area contributed by atoms with E-state index in [9.17, 15) is 10.2 Å². The number of aryl methyl sites for hydroxylation is 6. The van der Waals surface area contributed by atoms with Crippen molar-refractivity contribution in [1.82, 2.24) is 0 Å². The topological polar surface area (TPSA) is 40.5 Å². The fourth-order valence-corrected chi connectivity index (χ4v) is 4.49. The molecule has 0 atom stereocenters. The van der Waals surface area contributed by atoms with Crippen LogP contribution >= 0.6 is 0 Å². The normalized spacial score (nSPS) is 11.3.